The third-order valence-electron chi connectivity index (χ3n) is 6.56. The summed E-state index contributed by atoms with van der Waals surface area (Å²) in [7, 11) is -3.79. The summed E-state index contributed by atoms with van der Waals surface area (Å²) in [5.41, 5.74) is 1.42. The van der Waals surface area contributed by atoms with Crippen LogP contribution in [0.15, 0.2) is 30.3 Å². The van der Waals surface area contributed by atoms with Crippen molar-refractivity contribution in [2.24, 2.45) is 5.92 Å². The second-order valence-electron chi connectivity index (χ2n) is 9.77. The van der Waals surface area contributed by atoms with Gasteiger partial charge in [0.15, 0.2) is 0 Å². The van der Waals surface area contributed by atoms with Gasteiger partial charge in [-0.3, -0.25) is 4.79 Å². The number of likely N-dealkylation sites (tertiary alicyclic amines) is 1. The summed E-state index contributed by atoms with van der Waals surface area (Å²) in [5.74, 6) is -0.788. The molecule has 1 amide bonds. The smallest absolute Gasteiger partial charge is 0.267 e. The normalized spacial score (nSPS) is 17.1. The fourth-order valence-corrected chi connectivity index (χ4v) is 5.49. The van der Waals surface area contributed by atoms with Crippen LogP contribution in [0.3, 0.4) is 0 Å². The van der Waals surface area contributed by atoms with E-state index in [0.29, 0.717) is 41.5 Å². The van der Waals surface area contributed by atoms with Crippen LogP contribution in [0.25, 0.3) is 0 Å². The van der Waals surface area contributed by atoms with Gasteiger partial charge in [0.1, 0.15) is 11.6 Å². The van der Waals surface area contributed by atoms with Crippen LogP contribution in [0, 0.1) is 11.7 Å². The SMILES string of the molecule is CS(=O)(=O)NC(=O)c1cc(C2CC2)c(OCC2CCN(CCOCc3cc(Cl)cc(Cl)c3)CC2)cc1F. The van der Waals surface area contributed by atoms with Gasteiger partial charge in [-0.25, -0.2) is 17.5 Å². The number of halogens is 3. The summed E-state index contributed by atoms with van der Waals surface area (Å²) in [6, 6.07) is 8.03. The third-order valence-corrected chi connectivity index (χ3v) is 7.56. The predicted molar refractivity (Wildman–Crippen MR) is 141 cm³/mol. The number of hydrogen-bond donors (Lipinski definition) is 1. The third kappa shape index (κ3) is 8.55. The molecule has 1 heterocycles. The number of hydrogen-bond acceptors (Lipinski definition) is 6. The number of benzene rings is 2. The molecule has 37 heavy (non-hydrogen) atoms. The first-order valence-corrected chi connectivity index (χ1v) is 15.0. The van der Waals surface area contributed by atoms with Crippen LogP contribution in [0.2, 0.25) is 10.0 Å². The van der Waals surface area contributed by atoms with Gasteiger partial charge in [0.05, 0.1) is 31.6 Å². The van der Waals surface area contributed by atoms with Gasteiger partial charge in [0.25, 0.3) is 5.91 Å². The van der Waals surface area contributed by atoms with E-state index in [4.69, 9.17) is 32.7 Å². The first-order chi connectivity index (χ1) is 17.6. The molecule has 0 bridgehead atoms. The molecule has 0 aromatic heterocycles. The van der Waals surface area contributed by atoms with Gasteiger partial charge in [0, 0.05) is 22.7 Å². The Labute approximate surface area is 227 Å². The van der Waals surface area contributed by atoms with Gasteiger partial charge in [-0.05, 0) is 86.0 Å². The van der Waals surface area contributed by atoms with Crippen LogP contribution in [-0.2, 0) is 21.4 Å². The molecule has 2 aromatic carbocycles. The highest BCUT2D eigenvalue weighted by molar-refractivity contribution is 7.89. The zero-order chi connectivity index (χ0) is 26.6. The number of carbonyl (C=O) groups is 1. The molecule has 0 spiro atoms. The Kier molecular flexibility index (Phi) is 9.34. The summed E-state index contributed by atoms with van der Waals surface area (Å²) >= 11 is 12.1. The molecule has 1 N–H and O–H groups in total. The summed E-state index contributed by atoms with van der Waals surface area (Å²) in [4.78, 5) is 14.6. The van der Waals surface area contributed by atoms with Crippen molar-refractivity contribution in [3.63, 3.8) is 0 Å². The molecule has 0 unspecified atom stereocenters. The molecule has 2 fully saturated rings. The molecule has 7 nitrogen and oxygen atoms in total. The molecule has 1 aliphatic heterocycles. The first-order valence-electron chi connectivity index (χ1n) is 12.3. The molecule has 1 saturated heterocycles. The van der Waals surface area contributed by atoms with Crippen molar-refractivity contribution >= 4 is 39.1 Å². The first kappa shape index (κ1) is 28.1. The maximum Gasteiger partial charge on any atom is 0.267 e. The van der Waals surface area contributed by atoms with Gasteiger partial charge in [-0.15, -0.1) is 0 Å². The van der Waals surface area contributed by atoms with Crippen molar-refractivity contribution in [1.29, 1.82) is 0 Å². The highest BCUT2D eigenvalue weighted by atomic mass is 35.5. The second-order valence-corrected chi connectivity index (χ2v) is 12.4. The summed E-state index contributed by atoms with van der Waals surface area (Å²) in [6.07, 6.45) is 4.64. The molecular formula is C26H31Cl2FN2O5S. The van der Waals surface area contributed by atoms with Crippen LogP contribution >= 0.6 is 23.2 Å². The largest absolute Gasteiger partial charge is 0.493 e. The molecule has 2 aromatic rings. The quantitative estimate of drug-likeness (QED) is 0.381. The van der Waals surface area contributed by atoms with Crippen LogP contribution in [0.4, 0.5) is 4.39 Å². The number of carbonyl (C=O) groups excluding carboxylic acids is 1. The average molecular weight is 574 g/mol. The number of ether oxygens (including phenoxy) is 2. The van der Waals surface area contributed by atoms with Crippen LogP contribution in [-0.4, -0.2) is 58.3 Å². The van der Waals surface area contributed by atoms with Crippen molar-refractivity contribution < 1.29 is 27.1 Å². The second kappa shape index (κ2) is 12.3. The number of nitrogens with zero attached hydrogens (tertiary/aromatic N) is 1. The molecule has 1 aliphatic carbocycles. The van der Waals surface area contributed by atoms with E-state index in [1.807, 2.05) is 16.9 Å². The number of piperidine rings is 1. The molecule has 11 heteroatoms. The Morgan fingerprint density at radius 3 is 2.38 bits per heavy atom. The van der Waals surface area contributed by atoms with Gasteiger partial charge >= 0.3 is 0 Å². The zero-order valence-corrected chi connectivity index (χ0v) is 23.0. The van der Waals surface area contributed by atoms with Crippen LogP contribution < -0.4 is 9.46 Å². The highest BCUT2D eigenvalue weighted by Gasteiger charge is 2.30. The predicted octanol–water partition coefficient (Wildman–Crippen LogP) is 5.01. The van der Waals surface area contributed by atoms with Gasteiger partial charge in [-0.2, -0.15) is 0 Å². The van der Waals surface area contributed by atoms with Crippen molar-refractivity contribution in [3.05, 3.63) is 62.9 Å². The summed E-state index contributed by atoms with van der Waals surface area (Å²) < 4.78 is 51.1. The number of nitrogens with one attached hydrogen (secondary N) is 1. The number of sulfonamides is 1. The Balaban J connectivity index is 1.23. The average Bonchev–Trinajstić information content (AvgIpc) is 3.65. The molecule has 202 valence electrons. The number of rotatable bonds is 11. The van der Waals surface area contributed by atoms with E-state index in [0.717, 1.165) is 62.7 Å². The molecular weight excluding hydrogens is 542 g/mol. The van der Waals surface area contributed by atoms with E-state index >= 15 is 0 Å². The van der Waals surface area contributed by atoms with E-state index in [1.54, 1.807) is 6.07 Å². The lowest BCUT2D eigenvalue weighted by Crippen LogP contribution is -2.37. The maximum atomic E-state index is 14.7. The minimum absolute atomic E-state index is 0.199. The Morgan fingerprint density at radius 2 is 1.76 bits per heavy atom. The fourth-order valence-electron chi connectivity index (χ4n) is 4.47. The monoisotopic (exact) mass is 572 g/mol. The van der Waals surface area contributed by atoms with Crippen molar-refractivity contribution in [2.45, 2.75) is 38.2 Å². The fraction of sp³-hybridized carbons (Fsp3) is 0.500. The van der Waals surface area contributed by atoms with Gasteiger partial charge in [0.2, 0.25) is 10.0 Å². The molecule has 2 aliphatic rings. The topological polar surface area (TPSA) is 84.9 Å². The molecule has 0 atom stereocenters. The Hall–Kier alpha value is -1.91. The standard InChI is InChI=1S/C26H31Cl2FN2O5S/c1-37(33,34)30-26(32)23-13-22(19-2-3-19)25(14-24(23)29)36-16-17-4-6-31(7-5-17)8-9-35-15-18-10-20(27)12-21(28)11-18/h10-14,17,19H,2-9,15-16H2,1H3,(H,30,32). The van der Waals surface area contributed by atoms with E-state index in [9.17, 15) is 17.6 Å². The van der Waals surface area contributed by atoms with Crippen molar-refractivity contribution in [3.8, 4) is 5.75 Å². The van der Waals surface area contributed by atoms with Gasteiger partial charge < -0.3 is 14.4 Å². The van der Waals surface area contributed by atoms with E-state index in [2.05, 4.69) is 4.90 Å². The van der Waals surface area contributed by atoms with Crippen molar-refractivity contribution in [2.75, 3.05) is 39.1 Å². The van der Waals surface area contributed by atoms with Crippen molar-refractivity contribution in [1.82, 2.24) is 9.62 Å². The van der Waals surface area contributed by atoms with Crippen LogP contribution in [0.5, 0.6) is 5.75 Å². The van der Waals surface area contributed by atoms with E-state index in [-0.39, 0.29) is 11.5 Å². The maximum absolute atomic E-state index is 14.7. The van der Waals surface area contributed by atoms with E-state index < -0.39 is 21.7 Å². The molecule has 1 saturated carbocycles. The van der Waals surface area contributed by atoms with Gasteiger partial charge in [-0.1, -0.05) is 23.2 Å². The minimum Gasteiger partial charge on any atom is -0.493 e. The lowest BCUT2D eigenvalue weighted by molar-refractivity contribution is 0.0731. The zero-order valence-electron chi connectivity index (χ0n) is 20.6. The Bertz CT molecular complexity index is 1210. The number of amides is 1. The summed E-state index contributed by atoms with van der Waals surface area (Å²) in [6.45, 7) is 4.21. The molecule has 4 rings (SSSR count). The van der Waals surface area contributed by atoms with E-state index in [1.165, 1.54) is 12.1 Å². The minimum atomic E-state index is -3.79. The lowest BCUT2D eigenvalue weighted by Gasteiger charge is -2.31. The Morgan fingerprint density at radius 1 is 1.08 bits per heavy atom. The highest BCUT2D eigenvalue weighted by Crippen LogP contribution is 2.45. The molecule has 0 radical (unpaired) electrons. The lowest BCUT2D eigenvalue weighted by atomic mass is 9.97. The summed E-state index contributed by atoms with van der Waals surface area (Å²) in [5, 5.41) is 1.19. The van der Waals surface area contributed by atoms with Crippen LogP contribution in [0.1, 0.15) is 53.1 Å².